The lowest BCUT2D eigenvalue weighted by Crippen LogP contribution is -2.41. The quantitative estimate of drug-likeness (QED) is 0.341. The van der Waals surface area contributed by atoms with E-state index >= 15 is 0 Å². The van der Waals surface area contributed by atoms with Gasteiger partial charge in [0, 0.05) is 17.2 Å². The average molecular weight is 489 g/mol. The smallest absolute Gasteiger partial charge is 0.264 e. The largest absolute Gasteiger partial charge is 0.497 e. The minimum Gasteiger partial charge on any atom is -0.497 e. The Bertz CT molecular complexity index is 1180. The summed E-state index contributed by atoms with van der Waals surface area (Å²) in [6.07, 6.45) is 0. The number of anilines is 1. The van der Waals surface area contributed by atoms with Crippen molar-refractivity contribution in [3.05, 3.63) is 84.2 Å². The molecule has 33 heavy (non-hydrogen) atoms. The van der Waals surface area contributed by atoms with E-state index in [-0.39, 0.29) is 10.6 Å². The zero-order valence-corrected chi connectivity index (χ0v) is 20.0. The number of carbonyl (C=O) groups excluding carboxylic acids is 1. The van der Waals surface area contributed by atoms with E-state index in [1.165, 1.54) is 55.1 Å². The van der Waals surface area contributed by atoms with Gasteiger partial charge in [-0.1, -0.05) is 29.8 Å². The van der Waals surface area contributed by atoms with Gasteiger partial charge in [0.1, 0.15) is 18.1 Å². The molecular weight excluding hydrogens is 463 g/mol. The molecule has 174 valence electrons. The van der Waals surface area contributed by atoms with Crippen LogP contribution in [-0.4, -0.2) is 40.3 Å². The van der Waals surface area contributed by atoms with Crippen LogP contribution in [0.2, 0.25) is 0 Å². The van der Waals surface area contributed by atoms with Gasteiger partial charge in [0.2, 0.25) is 5.91 Å². The highest BCUT2D eigenvalue weighted by molar-refractivity contribution is 7.99. The van der Waals surface area contributed by atoms with Crippen molar-refractivity contribution in [1.29, 1.82) is 0 Å². The van der Waals surface area contributed by atoms with E-state index in [1.807, 2.05) is 31.2 Å². The molecule has 0 radical (unpaired) electrons. The maximum absolute atomic E-state index is 14.5. The van der Waals surface area contributed by atoms with Crippen LogP contribution in [0.4, 0.5) is 10.1 Å². The third-order valence-electron chi connectivity index (χ3n) is 4.77. The molecule has 0 heterocycles. The predicted octanol–water partition coefficient (Wildman–Crippen LogP) is 4.25. The molecule has 0 atom stereocenters. The Morgan fingerprint density at radius 3 is 2.33 bits per heavy atom. The molecule has 9 heteroatoms. The molecule has 0 spiro atoms. The summed E-state index contributed by atoms with van der Waals surface area (Å²) in [4.78, 5) is 13.6. The van der Waals surface area contributed by atoms with E-state index in [2.05, 4.69) is 5.32 Å². The van der Waals surface area contributed by atoms with Crippen molar-refractivity contribution in [2.75, 3.05) is 30.3 Å². The molecule has 0 aromatic heterocycles. The third-order valence-corrected chi connectivity index (χ3v) is 7.56. The van der Waals surface area contributed by atoms with Gasteiger partial charge in [-0.15, -0.1) is 11.8 Å². The number of rotatable bonds is 10. The van der Waals surface area contributed by atoms with E-state index in [0.29, 0.717) is 18.0 Å². The second-order valence-electron chi connectivity index (χ2n) is 7.15. The lowest BCUT2D eigenvalue weighted by Gasteiger charge is -2.24. The zero-order valence-electron chi connectivity index (χ0n) is 18.3. The van der Waals surface area contributed by atoms with Crippen LogP contribution in [0.1, 0.15) is 5.56 Å². The van der Waals surface area contributed by atoms with Crippen molar-refractivity contribution in [2.45, 2.75) is 16.7 Å². The summed E-state index contributed by atoms with van der Waals surface area (Å²) in [6.45, 7) is 1.80. The number of amides is 1. The van der Waals surface area contributed by atoms with Gasteiger partial charge in [-0.3, -0.25) is 9.10 Å². The van der Waals surface area contributed by atoms with E-state index in [1.54, 1.807) is 11.8 Å². The Morgan fingerprint density at radius 1 is 1.03 bits per heavy atom. The minimum atomic E-state index is -4.20. The van der Waals surface area contributed by atoms with Crippen LogP contribution in [0.15, 0.2) is 82.6 Å². The number of hydrogen-bond acceptors (Lipinski definition) is 5. The molecule has 0 fully saturated rings. The van der Waals surface area contributed by atoms with Gasteiger partial charge in [-0.25, -0.2) is 12.8 Å². The van der Waals surface area contributed by atoms with Gasteiger partial charge in [0.25, 0.3) is 10.0 Å². The van der Waals surface area contributed by atoms with E-state index in [4.69, 9.17) is 4.74 Å². The maximum Gasteiger partial charge on any atom is 0.264 e. The Kier molecular flexibility index (Phi) is 8.35. The Morgan fingerprint density at radius 2 is 1.70 bits per heavy atom. The molecule has 0 saturated carbocycles. The number of nitrogens with zero attached hydrogens (tertiary/aromatic N) is 1. The van der Waals surface area contributed by atoms with E-state index in [0.717, 1.165) is 15.3 Å². The van der Waals surface area contributed by atoms with Crippen molar-refractivity contribution in [3.63, 3.8) is 0 Å². The molecule has 3 aromatic carbocycles. The molecule has 0 aliphatic carbocycles. The van der Waals surface area contributed by atoms with Gasteiger partial charge in [0.05, 0.1) is 17.7 Å². The number of thioether (sulfide) groups is 1. The van der Waals surface area contributed by atoms with Crippen LogP contribution < -0.4 is 14.4 Å². The van der Waals surface area contributed by atoms with Gasteiger partial charge in [-0.2, -0.15) is 0 Å². The van der Waals surface area contributed by atoms with Crippen molar-refractivity contribution < 1.29 is 22.3 Å². The maximum atomic E-state index is 14.5. The normalized spacial score (nSPS) is 11.1. The van der Waals surface area contributed by atoms with Crippen molar-refractivity contribution in [3.8, 4) is 5.75 Å². The number of halogens is 1. The Labute approximate surface area is 197 Å². The molecular formula is C24H25FN2O4S2. The minimum absolute atomic E-state index is 0.0747. The molecule has 3 aromatic rings. The molecule has 0 aliphatic heterocycles. The molecule has 0 unspecified atom stereocenters. The summed E-state index contributed by atoms with van der Waals surface area (Å²) in [5.74, 6) is -0.174. The molecule has 0 saturated heterocycles. The number of nitrogens with one attached hydrogen (secondary N) is 1. The van der Waals surface area contributed by atoms with E-state index < -0.39 is 28.3 Å². The first kappa shape index (κ1) is 24.6. The summed E-state index contributed by atoms with van der Waals surface area (Å²) >= 11 is 1.58. The van der Waals surface area contributed by atoms with Crippen LogP contribution >= 0.6 is 11.8 Å². The molecule has 3 rings (SSSR count). The lowest BCUT2D eigenvalue weighted by atomic mass is 10.2. The van der Waals surface area contributed by atoms with Crippen LogP contribution in [0.25, 0.3) is 0 Å². The number of ether oxygens (including phenoxy) is 1. The molecule has 1 N–H and O–H groups in total. The number of methoxy groups -OCH3 is 1. The topological polar surface area (TPSA) is 75.7 Å². The van der Waals surface area contributed by atoms with Gasteiger partial charge < -0.3 is 10.1 Å². The molecule has 1 amide bonds. The zero-order chi connectivity index (χ0) is 23.8. The molecule has 0 bridgehead atoms. The number of carbonyl (C=O) groups is 1. The summed E-state index contributed by atoms with van der Waals surface area (Å²) in [5, 5.41) is 2.72. The number of aryl methyl sites for hydroxylation is 1. The highest BCUT2D eigenvalue weighted by atomic mass is 32.2. The molecule has 6 nitrogen and oxygen atoms in total. The van der Waals surface area contributed by atoms with E-state index in [9.17, 15) is 17.6 Å². The first-order valence-electron chi connectivity index (χ1n) is 10.2. The summed E-state index contributed by atoms with van der Waals surface area (Å²) in [6, 6.07) is 19.2. The standard InChI is InChI=1S/C24H25FN2O4S2/c1-18-7-11-20(12-8-18)32-16-15-26-24(28)17-27(23-6-4-3-5-22(23)25)33(29,30)21-13-9-19(31-2)10-14-21/h3-14H,15-17H2,1-2H3,(H,26,28). The predicted molar refractivity (Wildman–Crippen MR) is 129 cm³/mol. The van der Waals surface area contributed by atoms with Crippen molar-refractivity contribution in [1.82, 2.24) is 5.32 Å². The second kappa shape index (κ2) is 11.2. The fourth-order valence-corrected chi connectivity index (χ4v) is 5.21. The van der Waals surface area contributed by atoms with Crippen molar-refractivity contribution in [2.24, 2.45) is 0 Å². The fraction of sp³-hybridized carbons (Fsp3) is 0.208. The average Bonchev–Trinajstić information content (AvgIpc) is 2.82. The number of para-hydroxylation sites is 1. The van der Waals surface area contributed by atoms with Crippen LogP contribution in [0.5, 0.6) is 5.75 Å². The monoisotopic (exact) mass is 488 g/mol. The second-order valence-corrected chi connectivity index (χ2v) is 10.2. The number of sulfonamides is 1. The highest BCUT2D eigenvalue weighted by Gasteiger charge is 2.29. The summed E-state index contributed by atoms with van der Waals surface area (Å²) < 4.78 is 47.0. The lowest BCUT2D eigenvalue weighted by molar-refractivity contribution is -0.119. The van der Waals surface area contributed by atoms with Gasteiger partial charge in [0.15, 0.2) is 0 Å². The van der Waals surface area contributed by atoms with Gasteiger partial charge in [-0.05, 0) is 55.5 Å². The molecule has 0 aliphatic rings. The van der Waals surface area contributed by atoms with Gasteiger partial charge >= 0.3 is 0 Å². The first-order valence-corrected chi connectivity index (χ1v) is 12.6. The summed E-state index contributed by atoms with van der Waals surface area (Å²) in [7, 11) is -2.73. The van der Waals surface area contributed by atoms with Crippen LogP contribution in [0, 0.1) is 12.7 Å². The highest BCUT2D eigenvalue weighted by Crippen LogP contribution is 2.27. The third kappa shape index (κ3) is 6.49. The number of benzene rings is 3. The fourth-order valence-electron chi connectivity index (χ4n) is 3.01. The summed E-state index contributed by atoms with van der Waals surface area (Å²) in [5.41, 5.74) is 0.969. The Balaban J connectivity index is 1.72. The van der Waals surface area contributed by atoms with Crippen LogP contribution in [0.3, 0.4) is 0 Å². The SMILES string of the molecule is COc1ccc(S(=O)(=O)N(CC(=O)NCCSc2ccc(C)cc2)c2ccccc2F)cc1. The van der Waals surface area contributed by atoms with Crippen molar-refractivity contribution >= 4 is 33.4 Å². The first-order chi connectivity index (χ1) is 15.8. The number of hydrogen-bond donors (Lipinski definition) is 1. The Hall–Kier alpha value is -3.04. The van der Waals surface area contributed by atoms with Crippen LogP contribution in [-0.2, 0) is 14.8 Å².